The number of nitrogens with zero attached hydrogens (tertiary/aromatic N) is 1. The number of hydrogen-bond acceptors (Lipinski definition) is 2. The zero-order chi connectivity index (χ0) is 13.9. The van der Waals surface area contributed by atoms with Gasteiger partial charge in [-0.25, -0.2) is 0 Å². The zero-order valence-electron chi connectivity index (χ0n) is 12.7. The van der Waals surface area contributed by atoms with Gasteiger partial charge in [0.2, 0.25) is 5.91 Å². The summed E-state index contributed by atoms with van der Waals surface area (Å²) < 4.78 is 0. The fourth-order valence-corrected chi connectivity index (χ4v) is 3.02. The Bertz CT molecular complexity index is 487. The minimum absolute atomic E-state index is 0. The number of benzene rings is 1. The van der Waals surface area contributed by atoms with Crippen LogP contribution in [-0.4, -0.2) is 29.9 Å². The summed E-state index contributed by atoms with van der Waals surface area (Å²) in [4.78, 5) is 14.8. The van der Waals surface area contributed by atoms with Crippen LogP contribution in [0.5, 0.6) is 0 Å². The molecule has 0 bridgehead atoms. The highest BCUT2D eigenvalue weighted by Crippen LogP contribution is 2.30. The van der Waals surface area contributed by atoms with Crippen LogP contribution in [0, 0.1) is 5.92 Å². The number of hydrogen-bond donors (Lipinski definition) is 1. The summed E-state index contributed by atoms with van der Waals surface area (Å²) in [5.74, 6) is 1.06. The van der Waals surface area contributed by atoms with E-state index < -0.39 is 0 Å². The van der Waals surface area contributed by atoms with E-state index in [0.29, 0.717) is 5.91 Å². The standard InChI is InChI=1S/C17H24N2O.ClH/c1-2-9-19(12-13-7-8-13)17(20)16-10-14-5-3-4-6-15(14)11-18-16;/h3-6,13,16,18H,2,7-12H2,1H3;1H. The van der Waals surface area contributed by atoms with E-state index in [-0.39, 0.29) is 18.4 Å². The fraction of sp³-hybridized carbons (Fsp3) is 0.588. The van der Waals surface area contributed by atoms with E-state index in [4.69, 9.17) is 0 Å². The molecule has 116 valence electrons. The number of amides is 1. The minimum atomic E-state index is -0.0322. The van der Waals surface area contributed by atoms with E-state index in [1.54, 1.807) is 0 Å². The molecule has 0 saturated heterocycles. The van der Waals surface area contributed by atoms with Crippen LogP contribution in [0.3, 0.4) is 0 Å². The highest BCUT2D eigenvalue weighted by molar-refractivity contribution is 5.85. The van der Waals surface area contributed by atoms with E-state index >= 15 is 0 Å². The van der Waals surface area contributed by atoms with Crippen LogP contribution < -0.4 is 5.32 Å². The Hall–Kier alpha value is -1.06. The molecule has 1 aliphatic carbocycles. The van der Waals surface area contributed by atoms with Crippen LogP contribution in [0.2, 0.25) is 0 Å². The second-order valence-electron chi connectivity index (χ2n) is 6.13. The molecule has 1 heterocycles. The van der Waals surface area contributed by atoms with Crippen LogP contribution in [-0.2, 0) is 17.8 Å². The van der Waals surface area contributed by atoms with Crippen LogP contribution in [0.4, 0.5) is 0 Å². The molecule has 0 aromatic heterocycles. The number of rotatable bonds is 5. The summed E-state index contributed by atoms with van der Waals surface area (Å²) in [5, 5.41) is 3.42. The maximum Gasteiger partial charge on any atom is 0.240 e. The number of carbonyl (C=O) groups is 1. The first-order valence-electron chi connectivity index (χ1n) is 7.87. The Labute approximate surface area is 133 Å². The van der Waals surface area contributed by atoms with Gasteiger partial charge in [-0.1, -0.05) is 31.2 Å². The molecule has 0 radical (unpaired) electrons. The van der Waals surface area contributed by atoms with Crippen molar-refractivity contribution in [3.8, 4) is 0 Å². The van der Waals surface area contributed by atoms with E-state index in [1.165, 1.54) is 24.0 Å². The van der Waals surface area contributed by atoms with Gasteiger partial charge in [-0.05, 0) is 42.7 Å². The van der Waals surface area contributed by atoms with Crippen LogP contribution in [0.15, 0.2) is 24.3 Å². The van der Waals surface area contributed by atoms with Gasteiger partial charge in [-0.3, -0.25) is 4.79 Å². The predicted octanol–water partition coefficient (Wildman–Crippen LogP) is 2.77. The van der Waals surface area contributed by atoms with Gasteiger partial charge in [0.15, 0.2) is 0 Å². The summed E-state index contributed by atoms with van der Waals surface area (Å²) in [6.45, 7) is 4.83. The first-order valence-corrected chi connectivity index (χ1v) is 7.87. The molecule has 1 N–H and O–H groups in total. The van der Waals surface area contributed by atoms with Crippen molar-refractivity contribution in [1.29, 1.82) is 0 Å². The van der Waals surface area contributed by atoms with Gasteiger partial charge < -0.3 is 10.2 Å². The first-order chi connectivity index (χ1) is 9.78. The summed E-state index contributed by atoms with van der Waals surface area (Å²) in [6, 6.07) is 8.41. The molecule has 1 amide bonds. The smallest absolute Gasteiger partial charge is 0.240 e. The minimum Gasteiger partial charge on any atom is -0.341 e. The number of nitrogens with one attached hydrogen (secondary N) is 1. The van der Waals surface area contributed by atoms with Crippen molar-refractivity contribution in [2.45, 2.75) is 45.2 Å². The Morgan fingerprint density at radius 2 is 2.00 bits per heavy atom. The monoisotopic (exact) mass is 308 g/mol. The number of carbonyl (C=O) groups excluding carboxylic acids is 1. The molecule has 1 saturated carbocycles. The summed E-state index contributed by atoms with van der Waals surface area (Å²) in [5.41, 5.74) is 2.66. The lowest BCUT2D eigenvalue weighted by atomic mass is 9.95. The number of halogens is 1. The average molecular weight is 309 g/mol. The topological polar surface area (TPSA) is 32.3 Å². The van der Waals surface area contributed by atoms with E-state index in [9.17, 15) is 4.79 Å². The Balaban J connectivity index is 0.00000161. The largest absolute Gasteiger partial charge is 0.341 e. The predicted molar refractivity (Wildman–Crippen MR) is 87.6 cm³/mol. The Morgan fingerprint density at radius 1 is 1.29 bits per heavy atom. The molecule has 21 heavy (non-hydrogen) atoms. The zero-order valence-corrected chi connectivity index (χ0v) is 13.5. The van der Waals surface area contributed by atoms with Crippen molar-refractivity contribution >= 4 is 18.3 Å². The SMILES string of the molecule is CCCN(CC1CC1)C(=O)C1Cc2ccccc2CN1.Cl. The summed E-state index contributed by atoms with van der Waals surface area (Å²) in [7, 11) is 0. The molecular weight excluding hydrogens is 284 g/mol. The van der Waals surface area contributed by atoms with Crippen LogP contribution in [0.1, 0.15) is 37.3 Å². The lowest BCUT2D eigenvalue weighted by Crippen LogP contribution is -2.50. The van der Waals surface area contributed by atoms with Gasteiger partial charge >= 0.3 is 0 Å². The van der Waals surface area contributed by atoms with Gasteiger partial charge in [-0.2, -0.15) is 0 Å². The molecule has 1 aromatic carbocycles. The average Bonchev–Trinajstić information content (AvgIpc) is 3.29. The second-order valence-corrected chi connectivity index (χ2v) is 6.13. The molecule has 1 aromatic rings. The van der Waals surface area contributed by atoms with Crippen molar-refractivity contribution in [2.24, 2.45) is 5.92 Å². The van der Waals surface area contributed by atoms with Gasteiger partial charge in [-0.15, -0.1) is 12.4 Å². The molecule has 1 atom stereocenters. The maximum atomic E-state index is 12.7. The molecular formula is C17H25ClN2O. The van der Waals surface area contributed by atoms with Crippen molar-refractivity contribution < 1.29 is 4.79 Å². The Kier molecular flexibility index (Phi) is 5.65. The van der Waals surface area contributed by atoms with Crippen molar-refractivity contribution in [3.63, 3.8) is 0 Å². The normalized spacial score (nSPS) is 20.3. The lowest BCUT2D eigenvalue weighted by Gasteiger charge is -2.31. The van der Waals surface area contributed by atoms with Crippen molar-refractivity contribution in [3.05, 3.63) is 35.4 Å². The van der Waals surface area contributed by atoms with Gasteiger partial charge in [0.25, 0.3) is 0 Å². The molecule has 0 spiro atoms. The summed E-state index contributed by atoms with van der Waals surface area (Å²) in [6.07, 6.45) is 4.48. The Morgan fingerprint density at radius 3 is 2.67 bits per heavy atom. The third kappa shape index (κ3) is 3.98. The summed E-state index contributed by atoms with van der Waals surface area (Å²) >= 11 is 0. The second kappa shape index (κ2) is 7.28. The molecule has 3 rings (SSSR count). The molecule has 1 unspecified atom stereocenters. The van der Waals surface area contributed by atoms with E-state index in [1.807, 2.05) is 0 Å². The van der Waals surface area contributed by atoms with Gasteiger partial charge in [0, 0.05) is 19.6 Å². The van der Waals surface area contributed by atoms with Gasteiger partial charge in [0.05, 0.1) is 6.04 Å². The molecule has 4 heteroatoms. The van der Waals surface area contributed by atoms with Crippen molar-refractivity contribution in [2.75, 3.05) is 13.1 Å². The highest BCUT2D eigenvalue weighted by Gasteiger charge is 2.31. The van der Waals surface area contributed by atoms with E-state index in [2.05, 4.69) is 41.4 Å². The maximum absolute atomic E-state index is 12.7. The number of fused-ring (bicyclic) bond motifs is 1. The van der Waals surface area contributed by atoms with Crippen molar-refractivity contribution in [1.82, 2.24) is 10.2 Å². The molecule has 3 nitrogen and oxygen atoms in total. The molecule has 2 aliphatic rings. The van der Waals surface area contributed by atoms with Crippen LogP contribution >= 0.6 is 12.4 Å². The van der Waals surface area contributed by atoms with Gasteiger partial charge in [0.1, 0.15) is 0 Å². The molecule has 1 aliphatic heterocycles. The lowest BCUT2D eigenvalue weighted by molar-refractivity contribution is -0.134. The highest BCUT2D eigenvalue weighted by atomic mass is 35.5. The molecule has 1 fully saturated rings. The van der Waals surface area contributed by atoms with E-state index in [0.717, 1.165) is 38.4 Å². The first kappa shape index (κ1) is 16.3. The third-order valence-electron chi connectivity index (χ3n) is 4.36. The fourth-order valence-electron chi connectivity index (χ4n) is 3.02. The third-order valence-corrected chi connectivity index (χ3v) is 4.36. The quantitative estimate of drug-likeness (QED) is 0.907. The van der Waals surface area contributed by atoms with Crippen LogP contribution in [0.25, 0.3) is 0 Å².